The van der Waals surface area contributed by atoms with Crippen LogP contribution in [0.15, 0.2) is 91.3 Å². The van der Waals surface area contributed by atoms with Crippen molar-refractivity contribution in [2.75, 3.05) is 37.6 Å². The first-order valence-electron chi connectivity index (χ1n) is 18.4. The van der Waals surface area contributed by atoms with Crippen LogP contribution in [-0.2, 0) is 32.2 Å². The van der Waals surface area contributed by atoms with Crippen LogP contribution in [0.25, 0.3) is 11.1 Å². The highest BCUT2D eigenvalue weighted by molar-refractivity contribution is 5.76. The van der Waals surface area contributed by atoms with Crippen LogP contribution < -0.4 is 10.2 Å². The smallest absolute Gasteiger partial charge is 0.303 e. The predicted molar refractivity (Wildman–Crippen MR) is 198 cm³/mol. The molecule has 0 unspecified atom stereocenters. The lowest BCUT2D eigenvalue weighted by atomic mass is 9.98. The number of carboxylic acid groups (broad SMARTS) is 1. The van der Waals surface area contributed by atoms with Gasteiger partial charge in [-0.25, -0.2) is 9.97 Å². The Morgan fingerprint density at radius 3 is 2.19 bits per heavy atom. The number of aromatic nitrogens is 2. The summed E-state index contributed by atoms with van der Waals surface area (Å²) >= 11 is 0. The largest absolute Gasteiger partial charge is 0.481 e. The van der Waals surface area contributed by atoms with E-state index in [1.165, 1.54) is 0 Å². The summed E-state index contributed by atoms with van der Waals surface area (Å²) in [5.74, 6) is 0.00252. The molecule has 6 rings (SSSR count). The molecule has 0 aliphatic carbocycles. The number of carboxylic acids is 1. The number of aliphatic hydroxyl groups is 1. The van der Waals surface area contributed by atoms with E-state index in [2.05, 4.69) is 61.5 Å². The van der Waals surface area contributed by atoms with Crippen LogP contribution in [0.2, 0.25) is 0 Å². The average Bonchev–Trinajstić information content (AvgIpc) is 3.19. The second-order valence-corrected chi connectivity index (χ2v) is 13.6. The molecule has 4 aromatic rings. The van der Waals surface area contributed by atoms with Gasteiger partial charge in [0.1, 0.15) is 0 Å². The number of ether oxygens (including phenoxy) is 2. The molecule has 3 atom stereocenters. The maximum absolute atomic E-state index is 12.4. The number of aliphatic carboxylic acids is 1. The molecule has 2 aliphatic heterocycles. The zero-order chi connectivity index (χ0) is 36.1. The van der Waals surface area contributed by atoms with Gasteiger partial charge < -0.3 is 29.9 Å². The maximum atomic E-state index is 12.4. The molecular formula is C41H49N5O6. The topological polar surface area (TPSA) is 137 Å². The van der Waals surface area contributed by atoms with Gasteiger partial charge in [0.05, 0.1) is 18.8 Å². The summed E-state index contributed by atoms with van der Waals surface area (Å²) in [6.07, 6.45) is 7.27. The third-order valence-electron chi connectivity index (χ3n) is 9.76. The summed E-state index contributed by atoms with van der Waals surface area (Å²) in [6.45, 7) is 4.75. The van der Waals surface area contributed by atoms with Gasteiger partial charge in [0, 0.05) is 76.5 Å². The Morgan fingerprint density at radius 1 is 0.769 bits per heavy atom. The zero-order valence-corrected chi connectivity index (χ0v) is 29.6. The number of nitrogens with one attached hydrogen (secondary N) is 1. The third-order valence-corrected chi connectivity index (χ3v) is 9.76. The number of piperazine rings is 1. The van der Waals surface area contributed by atoms with E-state index in [0.29, 0.717) is 19.4 Å². The van der Waals surface area contributed by atoms with Crippen molar-refractivity contribution in [2.24, 2.45) is 0 Å². The van der Waals surface area contributed by atoms with Crippen LogP contribution in [0.1, 0.15) is 79.6 Å². The van der Waals surface area contributed by atoms with Crippen LogP contribution in [0, 0.1) is 0 Å². The van der Waals surface area contributed by atoms with E-state index >= 15 is 0 Å². The minimum absolute atomic E-state index is 0.00285. The minimum atomic E-state index is -0.773. The summed E-state index contributed by atoms with van der Waals surface area (Å²) in [6, 6.07) is 26.3. The van der Waals surface area contributed by atoms with Crippen LogP contribution in [0.3, 0.4) is 0 Å². The van der Waals surface area contributed by atoms with Crippen LogP contribution >= 0.6 is 0 Å². The molecule has 2 aliphatic rings. The van der Waals surface area contributed by atoms with E-state index in [9.17, 15) is 14.7 Å². The second kappa shape index (κ2) is 18.7. The van der Waals surface area contributed by atoms with Gasteiger partial charge in [0.25, 0.3) is 0 Å². The van der Waals surface area contributed by atoms with Crippen molar-refractivity contribution in [3.8, 4) is 11.1 Å². The van der Waals surface area contributed by atoms with Crippen molar-refractivity contribution >= 4 is 17.8 Å². The number of amides is 1. The van der Waals surface area contributed by atoms with Gasteiger partial charge in [0.15, 0.2) is 6.29 Å². The van der Waals surface area contributed by atoms with E-state index in [4.69, 9.17) is 14.6 Å². The second-order valence-electron chi connectivity index (χ2n) is 13.6. The molecule has 274 valence electrons. The number of hydrogen-bond donors (Lipinski definition) is 3. The summed E-state index contributed by atoms with van der Waals surface area (Å²) in [5, 5.41) is 21.3. The minimum Gasteiger partial charge on any atom is -0.481 e. The molecule has 11 heteroatoms. The first-order valence-corrected chi connectivity index (χ1v) is 18.4. The molecule has 2 fully saturated rings. The molecular weight excluding hydrogens is 658 g/mol. The van der Waals surface area contributed by atoms with Gasteiger partial charge in [0.2, 0.25) is 11.9 Å². The highest BCUT2D eigenvalue weighted by Gasteiger charge is 2.34. The van der Waals surface area contributed by atoms with Crippen molar-refractivity contribution < 1.29 is 29.3 Å². The first kappa shape index (κ1) is 37.1. The van der Waals surface area contributed by atoms with Gasteiger partial charge >= 0.3 is 5.97 Å². The Bertz CT molecular complexity index is 1710. The van der Waals surface area contributed by atoms with Crippen molar-refractivity contribution in [3.05, 3.63) is 114 Å². The quantitative estimate of drug-likeness (QED) is 0.118. The number of rotatable bonds is 16. The summed E-state index contributed by atoms with van der Waals surface area (Å²) in [5.41, 5.74) is 6.02. The number of aliphatic hydroxyl groups excluding tert-OH is 1. The molecule has 11 nitrogen and oxygen atoms in total. The van der Waals surface area contributed by atoms with E-state index in [0.717, 1.165) is 97.7 Å². The SMILES string of the molecule is O=C(O)CCCCCCC(=O)NCc1cccc(-c2ccc([C@H]3O[C@@H](CN4CCN(c5ncccn5)CC4)C[C@@H](c4ccc(CO)cc4)O3)cc2)c1. The monoisotopic (exact) mass is 707 g/mol. The normalized spacial score (nSPS) is 19.3. The van der Waals surface area contributed by atoms with Gasteiger partial charge in [-0.15, -0.1) is 0 Å². The van der Waals surface area contributed by atoms with Gasteiger partial charge in [-0.2, -0.15) is 0 Å². The Morgan fingerprint density at radius 2 is 1.48 bits per heavy atom. The number of unbranched alkanes of at least 4 members (excludes halogenated alkanes) is 3. The van der Waals surface area contributed by atoms with E-state index in [1.54, 1.807) is 12.4 Å². The lowest BCUT2D eigenvalue weighted by molar-refractivity contribution is -0.253. The number of benzene rings is 3. The molecule has 1 amide bonds. The van der Waals surface area contributed by atoms with Crippen molar-refractivity contribution in [1.29, 1.82) is 0 Å². The fraction of sp³-hybridized carbons (Fsp3) is 0.415. The van der Waals surface area contributed by atoms with Gasteiger partial charge in [-0.1, -0.05) is 79.6 Å². The number of hydrogen-bond acceptors (Lipinski definition) is 9. The fourth-order valence-electron chi connectivity index (χ4n) is 6.80. The zero-order valence-electron chi connectivity index (χ0n) is 29.6. The predicted octanol–water partition coefficient (Wildman–Crippen LogP) is 6.04. The average molecular weight is 708 g/mol. The summed E-state index contributed by atoms with van der Waals surface area (Å²) in [4.78, 5) is 36.5. The highest BCUT2D eigenvalue weighted by atomic mass is 16.7. The third kappa shape index (κ3) is 10.7. The Hall–Kier alpha value is -4.68. The molecule has 0 spiro atoms. The van der Waals surface area contributed by atoms with Crippen molar-refractivity contribution in [1.82, 2.24) is 20.2 Å². The standard InChI is InChI=1S/C41H49N5O6/c47-29-30-11-13-33(14-12-30)37-26-36(28-45-21-23-46(24-22-45)41-42-19-6-20-43-41)51-40(52-37)34-17-15-32(16-18-34)35-8-5-7-31(25-35)27-44-38(48)9-3-1-2-4-10-39(49)50/h5-8,11-20,25,36-37,40,47H,1-4,9-10,21-24,26-29H2,(H,44,48)(H,49,50)/t36-,37+,40+/m1/s1. The molecule has 3 aromatic carbocycles. The molecule has 1 aromatic heterocycles. The summed E-state index contributed by atoms with van der Waals surface area (Å²) < 4.78 is 13.3. The van der Waals surface area contributed by atoms with E-state index in [1.807, 2.05) is 42.5 Å². The molecule has 3 N–H and O–H groups in total. The van der Waals surface area contributed by atoms with E-state index < -0.39 is 12.3 Å². The fourth-order valence-corrected chi connectivity index (χ4v) is 6.80. The van der Waals surface area contributed by atoms with Crippen molar-refractivity contribution in [3.63, 3.8) is 0 Å². The lowest BCUT2D eigenvalue weighted by Gasteiger charge is -2.40. The molecule has 3 heterocycles. The van der Waals surface area contributed by atoms with Gasteiger partial charge in [-0.05, 0) is 52.8 Å². The number of anilines is 1. The molecule has 0 bridgehead atoms. The highest BCUT2D eigenvalue weighted by Crippen LogP contribution is 2.39. The first-order chi connectivity index (χ1) is 25.4. The van der Waals surface area contributed by atoms with E-state index in [-0.39, 0.29) is 31.1 Å². The van der Waals surface area contributed by atoms with Gasteiger partial charge in [-0.3, -0.25) is 14.5 Å². The van der Waals surface area contributed by atoms with Crippen LogP contribution in [-0.4, -0.2) is 75.8 Å². The summed E-state index contributed by atoms with van der Waals surface area (Å²) in [7, 11) is 0. The number of carbonyl (C=O) groups is 2. The molecule has 0 radical (unpaired) electrons. The number of nitrogens with zero attached hydrogens (tertiary/aromatic N) is 4. The Kier molecular flexibility index (Phi) is 13.3. The lowest BCUT2D eigenvalue weighted by Crippen LogP contribution is -2.50. The Balaban J connectivity index is 1.06. The molecule has 0 saturated carbocycles. The van der Waals surface area contributed by atoms with Crippen LogP contribution in [0.5, 0.6) is 0 Å². The van der Waals surface area contributed by atoms with Crippen molar-refractivity contribution in [2.45, 2.75) is 76.6 Å². The Labute approximate surface area is 305 Å². The molecule has 52 heavy (non-hydrogen) atoms. The maximum Gasteiger partial charge on any atom is 0.303 e. The molecule has 2 saturated heterocycles. The number of carbonyl (C=O) groups excluding carboxylic acids is 1. The van der Waals surface area contributed by atoms with Crippen LogP contribution in [0.4, 0.5) is 5.95 Å².